The molecule has 3 nitrogen and oxygen atoms in total. The average molecular weight is 204 g/mol. The van der Waals surface area contributed by atoms with Gasteiger partial charge in [0.1, 0.15) is 5.82 Å². The van der Waals surface area contributed by atoms with Crippen molar-refractivity contribution in [1.82, 2.24) is 9.97 Å². The maximum absolute atomic E-state index is 13.4. The normalized spacial score (nSPS) is 10.3. The van der Waals surface area contributed by atoms with Crippen molar-refractivity contribution in [2.24, 2.45) is 0 Å². The summed E-state index contributed by atoms with van der Waals surface area (Å²) in [6.45, 7) is -0.177. The van der Waals surface area contributed by atoms with E-state index in [0.717, 1.165) is 0 Å². The molecule has 1 aromatic carbocycles. The fraction of sp³-hybridized carbons (Fsp3) is 0.0909. The van der Waals surface area contributed by atoms with Crippen molar-refractivity contribution in [1.29, 1.82) is 0 Å². The van der Waals surface area contributed by atoms with Crippen LogP contribution in [0.1, 0.15) is 5.69 Å². The summed E-state index contributed by atoms with van der Waals surface area (Å²) in [5.74, 6) is -0.0766. The molecule has 0 spiro atoms. The standard InChI is InChI=1S/C11H9FN2O/c12-10-4-2-1-3-9(10)11-13-6-5-8(7-15)14-11/h1-6,15H,7H2. The van der Waals surface area contributed by atoms with Crippen molar-refractivity contribution in [2.75, 3.05) is 0 Å². The molecule has 76 valence electrons. The van der Waals surface area contributed by atoms with Crippen LogP contribution in [0.25, 0.3) is 11.4 Å². The maximum Gasteiger partial charge on any atom is 0.162 e. The first-order chi connectivity index (χ1) is 7.31. The van der Waals surface area contributed by atoms with Crippen molar-refractivity contribution in [3.05, 3.63) is 48.0 Å². The Labute approximate surface area is 86.3 Å². The number of halogens is 1. The summed E-state index contributed by atoms with van der Waals surface area (Å²) in [6, 6.07) is 7.86. The molecule has 1 heterocycles. The molecule has 2 aromatic rings. The number of aromatic nitrogens is 2. The molecule has 0 aliphatic heterocycles. The lowest BCUT2D eigenvalue weighted by atomic mass is 10.2. The lowest BCUT2D eigenvalue weighted by Crippen LogP contribution is -1.96. The van der Waals surface area contributed by atoms with Crippen LogP contribution in [0.5, 0.6) is 0 Å². The maximum atomic E-state index is 13.4. The van der Waals surface area contributed by atoms with E-state index in [1.807, 2.05) is 0 Å². The van der Waals surface area contributed by atoms with E-state index >= 15 is 0 Å². The second-order valence-electron chi connectivity index (χ2n) is 3.01. The number of hydrogen-bond donors (Lipinski definition) is 1. The van der Waals surface area contributed by atoms with Gasteiger partial charge < -0.3 is 5.11 Å². The summed E-state index contributed by atoms with van der Waals surface area (Å²) in [5, 5.41) is 8.89. The first kappa shape index (κ1) is 9.73. The summed E-state index contributed by atoms with van der Waals surface area (Å²) in [4.78, 5) is 7.98. The fourth-order valence-corrected chi connectivity index (χ4v) is 1.26. The number of benzene rings is 1. The molecule has 0 radical (unpaired) electrons. The first-order valence-corrected chi connectivity index (χ1v) is 4.49. The number of aliphatic hydroxyl groups excluding tert-OH is 1. The summed E-state index contributed by atoms with van der Waals surface area (Å²) in [5.41, 5.74) is 0.816. The Balaban J connectivity index is 2.49. The van der Waals surface area contributed by atoms with Crippen LogP contribution in [0.15, 0.2) is 36.5 Å². The Morgan fingerprint density at radius 2 is 2.00 bits per heavy atom. The lowest BCUT2D eigenvalue weighted by Gasteiger charge is -2.02. The third kappa shape index (κ3) is 1.99. The molecule has 1 aromatic heterocycles. The van der Waals surface area contributed by atoms with Crippen LogP contribution in [0.3, 0.4) is 0 Å². The van der Waals surface area contributed by atoms with E-state index in [9.17, 15) is 4.39 Å². The first-order valence-electron chi connectivity index (χ1n) is 4.49. The van der Waals surface area contributed by atoms with E-state index in [4.69, 9.17) is 5.11 Å². The van der Waals surface area contributed by atoms with E-state index in [1.54, 1.807) is 24.3 Å². The highest BCUT2D eigenvalue weighted by Gasteiger charge is 2.06. The summed E-state index contributed by atoms with van der Waals surface area (Å²) >= 11 is 0. The van der Waals surface area contributed by atoms with Crippen LogP contribution in [0.4, 0.5) is 4.39 Å². The van der Waals surface area contributed by atoms with E-state index < -0.39 is 0 Å². The molecule has 0 saturated carbocycles. The molecule has 0 unspecified atom stereocenters. The van der Waals surface area contributed by atoms with Crippen LogP contribution in [0, 0.1) is 5.82 Å². The predicted molar refractivity (Wildman–Crippen MR) is 53.3 cm³/mol. The Morgan fingerprint density at radius 3 is 2.73 bits per heavy atom. The Kier molecular flexibility index (Phi) is 2.69. The van der Waals surface area contributed by atoms with Crippen LogP contribution >= 0.6 is 0 Å². The molecule has 0 atom stereocenters. The molecule has 0 saturated heterocycles. The van der Waals surface area contributed by atoms with Crippen LogP contribution in [-0.2, 0) is 6.61 Å². The third-order valence-electron chi connectivity index (χ3n) is 1.99. The van der Waals surface area contributed by atoms with Crippen molar-refractivity contribution < 1.29 is 9.50 Å². The van der Waals surface area contributed by atoms with Gasteiger partial charge in [0, 0.05) is 6.20 Å². The van der Waals surface area contributed by atoms with E-state index in [2.05, 4.69) is 9.97 Å². The van der Waals surface area contributed by atoms with Crippen molar-refractivity contribution in [3.8, 4) is 11.4 Å². The van der Waals surface area contributed by atoms with Crippen molar-refractivity contribution in [2.45, 2.75) is 6.61 Å². The van der Waals surface area contributed by atoms with Gasteiger partial charge in [-0.25, -0.2) is 14.4 Å². The molecule has 2 rings (SSSR count). The van der Waals surface area contributed by atoms with Gasteiger partial charge in [0.25, 0.3) is 0 Å². The molecular weight excluding hydrogens is 195 g/mol. The fourth-order valence-electron chi connectivity index (χ4n) is 1.26. The molecule has 0 fully saturated rings. The Bertz CT molecular complexity index is 474. The van der Waals surface area contributed by atoms with Gasteiger partial charge in [-0.1, -0.05) is 12.1 Å². The number of aliphatic hydroxyl groups is 1. The lowest BCUT2D eigenvalue weighted by molar-refractivity contribution is 0.277. The summed E-state index contributed by atoms with van der Waals surface area (Å²) < 4.78 is 13.4. The largest absolute Gasteiger partial charge is 0.390 e. The van der Waals surface area contributed by atoms with E-state index in [-0.39, 0.29) is 12.4 Å². The van der Waals surface area contributed by atoms with Gasteiger partial charge in [-0.3, -0.25) is 0 Å². The van der Waals surface area contributed by atoms with Crippen LogP contribution in [-0.4, -0.2) is 15.1 Å². The second-order valence-corrected chi connectivity index (χ2v) is 3.01. The highest BCUT2D eigenvalue weighted by molar-refractivity contribution is 5.55. The van der Waals surface area contributed by atoms with Crippen molar-refractivity contribution >= 4 is 0 Å². The molecule has 0 aliphatic carbocycles. The molecular formula is C11H9FN2O. The molecule has 15 heavy (non-hydrogen) atoms. The van der Waals surface area contributed by atoms with Crippen LogP contribution < -0.4 is 0 Å². The van der Waals surface area contributed by atoms with Gasteiger partial charge in [0.2, 0.25) is 0 Å². The molecule has 0 aliphatic rings. The van der Waals surface area contributed by atoms with E-state index in [0.29, 0.717) is 17.1 Å². The number of nitrogens with zero attached hydrogens (tertiary/aromatic N) is 2. The third-order valence-corrected chi connectivity index (χ3v) is 1.99. The van der Waals surface area contributed by atoms with Gasteiger partial charge in [-0.05, 0) is 18.2 Å². The smallest absolute Gasteiger partial charge is 0.162 e. The number of hydrogen-bond acceptors (Lipinski definition) is 3. The minimum atomic E-state index is -0.368. The monoisotopic (exact) mass is 204 g/mol. The van der Waals surface area contributed by atoms with Gasteiger partial charge in [0.05, 0.1) is 17.9 Å². The highest BCUT2D eigenvalue weighted by Crippen LogP contribution is 2.18. The van der Waals surface area contributed by atoms with Crippen LogP contribution in [0.2, 0.25) is 0 Å². The number of rotatable bonds is 2. The summed E-state index contributed by atoms with van der Waals surface area (Å²) in [6.07, 6.45) is 1.50. The van der Waals surface area contributed by atoms with Gasteiger partial charge >= 0.3 is 0 Å². The molecule has 0 amide bonds. The zero-order valence-corrected chi connectivity index (χ0v) is 7.89. The Morgan fingerprint density at radius 1 is 1.20 bits per heavy atom. The molecule has 4 heteroatoms. The zero-order chi connectivity index (χ0) is 10.7. The quantitative estimate of drug-likeness (QED) is 0.810. The van der Waals surface area contributed by atoms with Gasteiger partial charge in [-0.15, -0.1) is 0 Å². The SMILES string of the molecule is OCc1ccnc(-c2ccccc2F)n1. The minimum Gasteiger partial charge on any atom is -0.390 e. The molecule has 1 N–H and O–H groups in total. The average Bonchev–Trinajstić information content (AvgIpc) is 2.30. The van der Waals surface area contributed by atoms with Gasteiger partial charge in [-0.2, -0.15) is 0 Å². The highest BCUT2D eigenvalue weighted by atomic mass is 19.1. The zero-order valence-electron chi connectivity index (χ0n) is 7.89. The van der Waals surface area contributed by atoms with E-state index in [1.165, 1.54) is 12.3 Å². The molecule has 0 bridgehead atoms. The Hall–Kier alpha value is -1.81. The topological polar surface area (TPSA) is 46.0 Å². The minimum absolute atomic E-state index is 0.177. The van der Waals surface area contributed by atoms with Gasteiger partial charge in [0.15, 0.2) is 5.82 Å². The predicted octanol–water partition coefficient (Wildman–Crippen LogP) is 1.77. The summed E-state index contributed by atoms with van der Waals surface area (Å²) in [7, 11) is 0. The second kappa shape index (κ2) is 4.14. The van der Waals surface area contributed by atoms with Crippen molar-refractivity contribution in [3.63, 3.8) is 0 Å².